The van der Waals surface area contributed by atoms with Crippen LogP contribution in [0.2, 0.25) is 0 Å². The third-order valence-electron chi connectivity index (χ3n) is 5.32. The normalized spacial score (nSPS) is 14.8. The van der Waals surface area contributed by atoms with Crippen molar-refractivity contribution >= 4 is 34.6 Å². The van der Waals surface area contributed by atoms with Crippen LogP contribution in [0.25, 0.3) is 10.9 Å². The number of nitrogens with one attached hydrogen (secondary N) is 4. The molecule has 1 heterocycles. The highest BCUT2D eigenvalue weighted by atomic mass is 16.4. The van der Waals surface area contributed by atoms with Gasteiger partial charge in [-0.2, -0.15) is 0 Å². The van der Waals surface area contributed by atoms with Crippen LogP contribution in [0.4, 0.5) is 0 Å². The maximum absolute atomic E-state index is 13.0. The first-order chi connectivity index (χ1) is 16.0. The van der Waals surface area contributed by atoms with Gasteiger partial charge in [0.1, 0.15) is 18.1 Å². The molecule has 0 fully saturated rings. The average Bonchev–Trinajstić information content (AvgIpc) is 3.18. The fourth-order valence-corrected chi connectivity index (χ4v) is 3.44. The first-order valence-corrected chi connectivity index (χ1v) is 11.1. The summed E-state index contributed by atoms with van der Waals surface area (Å²) in [7, 11) is 0. The van der Waals surface area contributed by atoms with Crippen LogP contribution in [0.3, 0.4) is 0 Å². The molecule has 11 nitrogen and oxygen atoms in total. The van der Waals surface area contributed by atoms with E-state index in [1.807, 2.05) is 38.1 Å². The predicted octanol–water partition coefficient (Wildman–Crippen LogP) is -0.365. The van der Waals surface area contributed by atoms with Gasteiger partial charge in [0.05, 0.1) is 12.6 Å². The summed E-state index contributed by atoms with van der Waals surface area (Å²) in [5, 5.41) is 27.1. The molecule has 186 valence electrons. The lowest BCUT2D eigenvalue weighted by Gasteiger charge is -2.22. The van der Waals surface area contributed by atoms with E-state index in [1.165, 1.54) is 6.92 Å². The lowest BCUT2D eigenvalue weighted by atomic mass is 10.0. The van der Waals surface area contributed by atoms with Crippen molar-refractivity contribution in [1.82, 2.24) is 20.9 Å². The Bertz CT molecular complexity index is 1020. The molecule has 0 aliphatic rings. The van der Waals surface area contributed by atoms with Gasteiger partial charge in [-0.1, -0.05) is 32.0 Å². The predicted molar refractivity (Wildman–Crippen MR) is 126 cm³/mol. The Morgan fingerprint density at radius 3 is 2.32 bits per heavy atom. The summed E-state index contributed by atoms with van der Waals surface area (Å²) in [6.07, 6.45) is 0.944. The van der Waals surface area contributed by atoms with Crippen LogP contribution in [0.15, 0.2) is 30.5 Å². The van der Waals surface area contributed by atoms with Crippen LogP contribution in [0, 0.1) is 5.92 Å². The lowest BCUT2D eigenvalue weighted by molar-refractivity contribution is -0.142. The van der Waals surface area contributed by atoms with Crippen LogP contribution in [0.1, 0.15) is 32.8 Å². The number of carboxylic acids is 1. The number of H-pyrrole nitrogens is 1. The second-order valence-electron chi connectivity index (χ2n) is 8.70. The Kier molecular flexibility index (Phi) is 9.58. The van der Waals surface area contributed by atoms with Gasteiger partial charge in [0, 0.05) is 23.5 Å². The number of aromatic nitrogens is 1. The Morgan fingerprint density at radius 2 is 1.71 bits per heavy atom. The topological polar surface area (TPSA) is 187 Å². The van der Waals surface area contributed by atoms with E-state index in [-0.39, 0.29) is 18.8 Å². The minimum atomic E-state index is -1.20. The zero-order valence-corrected chi connectivity index (χ0v) is 19.5. The molecule has 0 bridgehead atoms. The quantitative estimate of drug-likeness (QED) is 0.218. The van der Waals surface area contributed by atoms with Crippen molar-refractivity contribution in [3.05, 3.63) is 36.0 Å². The van der Waals surface area contributed by atoms with Gasteiger partial charge in [0.25, 0.3) is 0 Å². The molecule has 3 amide bonds. The van der Waals surface area contributed by atoms with Crippen molar-refractivity contribution in [2.24, 2.45) is 11.7 Å². The number of aliphatic hydroxyl groups excluding tert-OH is 1. The monoisotopic (exact) mass is 475 g/mol. The molecule has 2 aromatic rings. The van der Waals surface area contributed by atoms with E-state index < -0.39 is 54.5 Å². The number of amides is 3. The number of aromatic amines is 1. The third-order valence-corrected chi connectivity index (χ3v) is 5.32. The van der Waals surface area contributed by atoms with E-state index in [4.69, 9.17) is 5.73 Å². The Hall–Kier alpha value is -3.44. The number of nitrogens with two attached hydrogens (primary N) is 1. The van der Waals surface area contributed by atoms with Crippen LogP contribution >= 0.6 is 0 Å². The van der Waals surface area contributed by atoms with Gasteiger partial charge in [0.15, 0.2) is 0 Å². The van der Waals surface area contributed by atoms with Gasteiger partial charge in [-0.15, -0.1) is 0 Å². The SMILES string of the molecule is CC(C)CC(NC(=O)C(Cc1c[nH]c2ccccc12)NC(=O)CNC(=O)C(N)C(C)O)C(=O)O. The molecule has 0 aliphatic heterocycles. The van der Waals surface area contributed by atoms with Crippen molar-refractivity contribution in [1.29, 1.82) is 0 Å². The van der Waals surface area contributed by atoms with Gasteiger partial charge >= 0.3 is 5.97 Å². The van der Waals surface area contributed by atoms with Gasteiger partial charge in [-0.25, -0.2) is 4.79 Å². The molecule has 4 unspecified atom stereocenters. The summed E-state index contributed by atoms with van der Waals surface area (Å²) in [6, 6.07) is 4.04. The van der Waals surface area contributed by atoms with Crippen LogP contribution in [0.5, 0.6) is 0 Å². The summed E-state index contributed by atoms with van der Waals surface area (Å²) in [4.78, 5) is 52.2. The van der Waals surface area contributed by atoms with Crippen molar-refractivity contribution in [3.8, 4) is 0 Å². The molecule has 8 N–H and O–H groups in total. The number of aliphatic hydroxyl groups is 1. The lowest BCUT2D eigenvalue weighted by Crippen LogP contribution is -2.55. The van der Waals surface area contributed by atoms with E-state index >= 15 is 0 Å². The molecule has 11 heteroatoms. The summed E-state index contributed by atoms with van der Waals surface area (Å²) >= 11 is 0. The molecule has 0 radical (unpaired) electrons. The zero-order valence-electron chi connectivity index (χ0n) is 19.5. The number of fused-ring (bicyclic) bond motifs is 1. The number of carbonyl (C=O) groups is 4. The Labute approximate surface area is 197 Å². The van der Waals surface area contributed by atoms with Gasteiger partial charge < -0.3 is 36.9 Å². The molecular formula is C23H33N5O6. The van der Waals surface area contributed by atoms with E-state index in [1.54, 1.807) is 6.20 Å². The first kappa shape index (κ1) is 26.8. The third kappa shape index (κ3) is 7.56. The standard InChI is InChI=1S/C23H33N5O6/c1-12(2)8-18(23(33)34)28-21(31)17(9-14-10-25-16-7-5-4-6-15(14)16)27-19(30)11-26-22(32)20(24)13(3)29/h4-7,10,12-13,17-18,20,25,29H,8-9,11,24H2,1-3H3,(H,26,32)(H,27,30)(H,28,31)(H,33,34). The van der Waals surface area contributed by atoms with Crippen molar-refractivity contribution in [2.45, 2.75) is 57.8 Å². The second kappa shape index (κ2) is 12.1. The van der Waals surface area contributed by atoms with Crippen molar-refractivity contribution in [2.75, 3.05) is 6.54 Å². The fourth-order valence-electron chi connectivity index (χ4n) is 3.44. The molecule has 0 saturated heterocycles. The minimum Gasteiger partial charge on any atom is -0.480 e. The molecule has 34 heavy (non-hydrogen) atoms. The maximum Gasteiger partial charge on any atom is 0.326 e. The van der Waals surface area contributed by atoms with Crippen molar-refractivity contribution < 1.29 is 29.4 Å². The Balaban J connectivity index is 2.17. The van der Waals surface area contributed by atoms with Crippen LogP contribution in [-0.2, 0) is 25.6 Å². The average molecular weight is 476 g/mol. The highest BCUT2D eigenvalue weighted by Gasteiger charge is 2.28. The van der Waals surface area contributed by atoms with E-state index in [0.717, 1.165) is 16.5 Å². The minimum absolute atomic E-state index is 0.0244. The van der Waals surface area contributed by atoms with Crippen LogP contribution in [-0.4, -0.2) is 69.7 Å². The molecule has 0 aliphatic carbocycles. The number of hydrogen-bond acceptors (Lipinski definition) is 6. The summed E-state index contributed by atoms with van der Waals surface area (Å²) in [6.45, 7) is 4.56. The number of para-hydroxylation sites is 1. The molecule has 0 spiro atoms. The Morgan fingerprint density at radius 1 is 1.03 bits per heavy atom. The number of carbonyl (C=O) groups excluding carboxylic acids is 3. The number of benzene rings is 1. The van der Waals surface area contributed by atoms with Gasteiger partial charge in [-0.3, -0.25) is 14.4 Å². The number of carboxylic acid groups (broad SMARTS) is 1. The van der Waals surface area contributed by atoms with Crippen molar-refractivity contribution in [3.63, 3.8) is 0 Å². The number of aliphatic carboxylic acids is 1. The smallest absolute Gasteiger partial charge is 0.326 e. The fraction of sp³-hybridized carbons (Fsp3) is 0.478. The first-order valence-electron chi connectivity index (χ1n) is 11.1. The van der Waals surface area contributed by atoms with E-state index in [9.17, 15) is 29.4 Å². The highest BCUT2D eigenvalue weighted by Crippen LogP contribution is 2.19. The summed E-state index contributed by atoms with van der Waals surface area (Å²) in [5.41, 5.74) is 7.15. The molecule has 4 atom stereocenters. The van der Waals surface area contributed by atoms with Crippen LogP contribution < -0.4 is 21.7 Å². The maximum atomic E-state index is 13.0. The largest absolute Gasteiger partial charge is 0.480 e. The highest BCUT2D eigenvalue weighted by molar-refractivity contribution is 5.93. The number of hydrogen-bond donors (Lipinski definition) is 7. The molecule has 0 saturated carbocycles. The summed E-state index contributed by atoms with van der Waals surface area (Å²) < 4.78 is 0. The molecule has 1 aromatic carbocycles. The summed E-state index contributed by atoms with van der Waals surface area (Å²) in [5.74, 6) is -3.18. The van der Waals surface area contributed by atoms with Gasteiger partial charge in [-0.05, 0) is 30.9 Å². The molecular weight excluding hydrogens is 442 g/mol. The zero-order chi connectivity index (χ0) is 25.4. The molecule has 1 aromatic heterocycles. The number of rotatable bonds is 12. The van der Waals surface area contributed by atoms with E-state index in [0.29, 0.717) is 0 Å². The van der Waals surface area contributed by atoms with E-state index in [2.05, 4.69) is 20.9 Å². The second-order valence-corrected chi connectivity index (χ2v) is 8.70. The van der Waals surface area contributed by atoms with Gasteiger partial charge in [0.2, 0.25) is 17.7 Å². The molecule has 2 rings (SSSR count).